The van der Waals surface area contributed by atoms with E-state index in [9.17, 15) is 39.6 Å². The molecule has 0 saturated carbocycles. The van der Waals surface area contributed by atoms with E-state index in [0.29, 0.717) is 35.5 Å². The number of benzene rings is 1. The number of carboxylic acids is 1. The third-order valence-electron chi connectivity index (χ3n) is 9.76. The molecule has 19 heteroatoms. The van der Waals surface area contributed by atoms with E-state index in [2.05, 4.69) is 16.9 Å². The number of amides is 3. The van der Waals surface area contributed by atoms with Crippen molar-refractivity contribution in [1.82, 2.24) is 29.2 Å². The molecular formula is C35H44N8O11. The van der Waals surface area contributed by atoms with Crippen LogP contribution in [0.5, 0.6) is 5.75 Å². The van der Waals surface area contributed by atoms with Gasteiger partial charge in [-0.15, -0.1) is 0 Å². The zero-order valence-electron chi connectivity index (χ0n) is 30.3. The first-order chi connectivity index (χ1) is 25.7. The van der Waals surface area contributed by atoms with Gasteiger partial charge in [-0.2, -0.15) is 5.26 Å². The van der Waals surface area contributed by atoms with Crippen LogP contribution in [0.25, 0.3) is 11.0 Å². The Hall–Kier alpha value is -5.55. The summed E-state index contributed by atoms with van der Waals surface area (Å²) in [5.74, 6) is -0.720. The van der Waals surface area contributed by atoms with E-state index in [0.717, 1.165) is 6.42 Å². The lowest BCUT2D eigenvalue weighted by molar-refractivity contribution is -0.271. The summed E-state index contributed by atoms with van der Waals surface area (Å²) in [4.78, 5) is 65.4. The van der Waals surface area contributed by atoms with Gasteiger partial charge in [-0.3, -0.25) is 9.36 Å². The van der Waals surface area contributed by atoms with Gasteiger partial charge in [0.15, 0.2) is 11.8 Å². The lowest BCUT2D eigenvalue weighted by Gasteiger charge is -2.42. The van der Waals surface area contributed by atoms with Gasteiger partial charge in [0.05, 0.1) is 17.5 Å². The number of aliphatic hydroxyl groups excluding tert-OH is 3. The number of carbonyl (C=O) groups excluding carboxylic acids is 3. The number of likely N-dealkylation sites (tertiary alicyclic amines) is 1. The highest BCUT2D eigenvalue weighted by Crippen LogP contribution is 2.30. The fourth-order valence-electron chi connectivity index (χ4n) is 6.36. The highest BCUT2D eigenvalue weighted by molar-refractivity contribution is 5.95. The smallest absolute Gasteiger partial charge is 0.409 e. The van der Waals surface area contributed by atoms with E-state index in [1.807, 2.05) is 18.0 Å². The van der Waals surface area contributed by atoms with Gasteiger partial charge in [0, 0.05) is 53.5 Å². The monoisotopic (exact) mass is 752 g/mol. The number of carboxylic acid groups (broad SMARTS) is 1. The number of nitrogens with zero attached hydrogens (tertiary/aromatic N) is 8. The summed E-state index contributed by atoms with van der Waals surface area (Å²) in [6.45, 7) is 3.36. The fraction of sp³-hybridized carbons (Fsp3) is 0.514. The molecule has 2 aromatic heterocycles. The van der Waals surface area contributed by atoms with Gasteiger partial charge in [0.2, 0.25) is 12.2 Å². The molecule has 4 N–H and O–H groups in total. The van der Waals surface area contributed by atoms with Crippen LogP contribution in [-0.4, -0.2) is 158 Å². The van der Waals surface area contributed by atoms with Crippen LogP contribution in [-0.2, 0) is 25.7 Å². The number of aromatic nitrogens is 3. The average molecular weight is 753 g/mol. The minimum Gasteiger partial charge on any atom is -0.479 e. The van der Waals surface area contributed by atoms with Crippen molar-refractivity contribution in [2.24, 2.45) is 5.92 Å². The van der Waals surface area contributed by atoms with Crippen molar-refractivity contribution >= 4 is 40.9 Å². The van der Waals surface area contributed by atoms with Gasteiger partial charge < -0.3 is 54.2 Å². The van der Waals surface area contributed by atoms with Crippen LogP contribution < -0.4 is 9.64 Å². The zero-order chi connectivity index (χ0) is 39.3. The SMILES string of the molecule is C[C@@H]1CCN(C(=O)CC#N)CC1N(C)c1ncnc2c1ccn2C(=O)N(C)CCN(C)C(=O)OCc1ccc(O[C@@H]2O[C@H](C(=O)O)[C@@H](O)[C@H](O)[C@H]2O)cc1. The number of hydrogen-bond acceptors (Lipinski definition) is 14. The first-order valence-electron chi connectivity index (χ1n) is 17.2. The molecule has 1 aromatic carbocycles. The van der Waals surface area contributed by atoms with Crippen LogP contribution in [0.15, 0.2) is 42.9 Å². The molecule has 0 bridgehead atoms. The van der Waals surface area contributed by atoms with E-state index in [-0.39, 0.29) is 55.8 Å². The minimum absolute atomic E-state index is 0.0658. The van der Waals surface area contributed by atoms with Gasteiger partial charge in [-0.05, 0) is 36.1 Å². The van der Waals surface area contributed by atoms with Crippen molar-refractivity contribution in [2.45, 2.75) is 63.1 Å². The molecule has 1 unspecified atom stereocenters. The number of nitriles is 1. The number of piperidine rings is 1. The van der Waals surface area contributed by atoms with Crippen LogP contribution in [0.3, 0.4) is 0 Å². The van der Waals surface area contributed by atoms with Gasteiger partial charge in [-0.1, -0.05) is 19.1 Å². The number of hydrogen-bond donors (Lipinski definition) is 4. The Kier molecular flexibility index (Phi) is 12.5. The van der Waals surface area contributed by atoms with E-state index >= 15 is 0 Å². The summed E-state index contributed by atoms with van der Waals surface area (Å²) in [6.07, 6.45) is -5.75. The molecule has 7 atom stereocenters. The Labute approximate surface area is 310 Å². The number of aliphatic hydroxyl groups is 3. The molecule has 2 saturated heterocycles. The predicted molar refractivity (Wildman–Crippen MR) is 188 cm³/mol. The van der Waals surface area contributed by atoms with Crippen LogP contribution in [0.4, 0.5) is 15.4 Å². The number of fused-ring (bicyclic) bond motifs is 1. The molecule has 0 spiro atoms. The zero-order valence-corrected chi connectivity index (χ0v) is 30.3. The Morgan fingerprint density at radius 1 is 1.00 bits per heavy atom. The summed E-state index contributed by atoms with van der Waals surface area (Å²) < 4.78 is 17.4. The summed E-state index contributed by atoms with van der Waals surface area (Å²) in [5, 5.41) is 48.8. The van der Waals surface area contributed by atoms with Crippen LogP contribution in [0, 0.1) is 17.2 Å². The maximum atomic E-state index is 13.5. The van der Waals surface area contributed by atoms with Crippen LogP contribution >= 0.6 is 0 Å². The van der Waals surface area contributed by atoms with Gasteiger partial charge in [0.25, 0.3) is 0 Å². The molecule has 2 fully saturated rings. The predicted octanol–water partition coefficient (Wildman–Crippen LogP) is 0.458. The van der Waals surface area contributed by atoms with Crippen molar-refractivity contribution in [3.63, 3.8) is 0 Å². The Morgan fingerprint density at radius 3 is 2.39 bits per heavy atom. The molecule has 3 amide bonds. The summed E-state index contributed by atoms with van der Waals surface area (Å²) in [7, 11) is 5.03. The standard InChI is InChI=1S/C35H44N8O11/c1-20-10-13-42(25(44)9-12-36)17-24(20)41(4)30-23-11-14-43(31(23)38-19-37-30)34(50)39(2)15-16-40(3)35(51)52-18-21-5-7-22(8-6-21)53-33-28(47)26(45)27(46)29(54-33)32(48)49/h5-8,11,14,19-20,24,26-29,33,45-47H,9-10,13,15-18H2,1-4H3,(H,48,49)/t20-,24?,26+,27+,28-,29+,33-/m1/s1. The molecule has 4 heterocycles. The fourth-order valence-corrected chi connectivity index (χ4v) is 6.36. The maximum Gasteiger partial charge on any atom is 0.409 e. The van der Waals surface area contributed by atoms with E-state index in [4.69, 9.17) is 19.5 Å². The second kappa shape index (κ2) is 17.1. The van der Waals surface area contributed by atoms with Crippen molar-refractivity contribution in [1.29, 1.82) is 5.26 Å². The molecule has 2 aliphatic heterocycles. The number of likely N-dealkylation sites (N-methyl/N-ethyl adjacent to an activating group) is 3. The molecule has 3 aromatic rings. The van der Waals surface area contributed by atoms with Crippen molar-refractivity contribution in [2.75, 3.05) is 52.2 Å². The highest BCUT2D eigenvalue weighted by atomic mass is 16.7. The van der Waals surface area contributed by atoms with Crippen molar-refractivity contribution in [3.05, 3.63) is 48.4 Å². The first kappa shape index (κ1) is 39.7. The molecule has 54 heavy (non-hydrogen) atoms. The topological polar surface area (TPSA) is 244 Å². The second-order valence-corrected chi connectivity index (χ2v) is 13.4. The lowest BCUT2D eigenvalue weighted by atomic mass is 9.92. The number of ether oxygens (including phenoxy) is 3. The molecule has 0 aliphatic carbocycles. The largest absolute Gasteiger partial charge is 0.479 e. The normalized spacial score (nSPS) is 24.0. The minimum atomic E-state index is -1.84. The quantitative estimate of drug-likeness (QED) is 0.208. The summed E-state index contributed by atoms with van der Waals surface area (Å²) >= 11 is 0. The van der Waals surface area contributed by atoms with E-state index in [1.165, 1.54) is 39.9 Å². The number of carbonyl (C=O) groups is 4. The molecule has 19 nitrogen and oxygen atoms in total. The average Bonchev–Trinajstić information content (AvgIpc) is 3.60. The van der Waals surface area contributed by atoms with Crippen LogP contribution in [0.2, 0.25) is 0 Å². The molecule has 0 radical (unpaired) electrons. The molecule has 290 valence electrons. The van der Waals surface area contributed by atoms with E-state index in [1.54, 1.807) is 36.3 Å². The first-order valence-corrected chi connectivity index (χ1v) is 17.2. The Balaban J connectivity index is 1.12. The van der Waals surface area contributed by atoms with Gasteiger partial charge >= 0.3 is 18.1 Å². The van der Waals surface area contributed by atoms with Crippen molar-refractivity contribution < 1.29 is 53.8 Å². The van der Waals surface area contributed by atoms with Gasteiger partial charge in [-0.25, -0.2) is 24.4 Å². The number of aliphatic carboxylic acids is 1. The Bertz CT molecular complexity index is 1870. The third kappa shape index (κ3) is 8.63. The molecular weight excluding hydrogens is 708 g/mol. The van der Waals surface area contributed by atoms with E-state index < -0.39 is 42.8 Å². The summed E-state index contributed by atoms with van der Waals surface area (Å²) in [6, 6.07) is 9.32. The maximum absolute atomic E-state index is 13.5. The second-order valence-electron chi connectivity index (χ2n) is 13.4. The molecule has 5 rings (SSSR count). The number of rotatable bonds is 11. The highest BCUT2D eigenvalue weighted by Gasteiger charge is 2.48. The third-order valence-corrected chi connectivity index (χ3v) is 9.76. The van der Waals surface area contributed by atoms with Gasteiger partial charge in [0.1, 0.15) is 49.2 Å². The van der Waals surface area contributed by atoms with Crippen molar-refractivity contribution in [3.8, 4) is 11.8 Å². The molecule has 2 aliphatic rings. The summed E-state index contributed by atoms with van der Waals surface area (Å²) in [5.41, 5.74) is 0.978. The lowest BCUT2D eigenvalue weighted by Crippen LogP contribution is -2.61. The van der Waals surface area contributed by atoms with Crippen LogP contribution in [0.1, 0.15) is 25.3 Å². The number of anilines is 1. The Morgan fingerprint density at radius 2 is 1.70 bits per heavy atom.